The standard InChI is InChI=1S/C21H30N2O4/c1-20(2,3)27-18(24)22-13-7-11-21(16-22)12-8-14-23(21)19(25)26-15-17-9-5-4-6-10-17/h4-6,9-10H,7-8,11-16H2,1-3H3. The Morgan fingerprint density at radius 3 is 2.37 bits per heavy atom. The zero-order chi connectivity index (χ0) is 19.5. The second kappa shape index (κ2) is 7.79. The van der Waals surface area contributed by atoms with Gasteiger partial charge in [-0.05, 0) is 52.0 Å². The third-order valence-corrected chi connectivity index (χ3v) is 5.23. The van der Waals surface area contributed by atoms with Gasteiger partial charge in [-0.3, -0.25) is 0 Å². The number of benzene rings is 1. The summed E-state index contributed by atoms with van der Waals surface area (Å²) in [7, 11) is 0. The molecule has 148 valence electrons. The molecule has 1 unspecified atom stereocenters. The van der Waals surface area contributed by atoms with E-state index in [1.807, 2.05) is 56.0 Å². The average molecular weight is 374 g/mol. The molecule has 2 fully saturated rings. The van der Waals surface area contributed by atoms with Crippen LogP contribution in [0.2, 0.25) is 0 Å². The molecular formula is C21H30N2O4. The van der Waals surface area contributed by atoms with Gasteiger partial charge < -0.3 is 19.3 Å². The van der Waals surface area contributed by atoms with E-state index in [4.69, 9.17) is 9.47 Å². The molecule has 2 amide bonds. The van der Waals surface area contributed by atoms with Gasteiger partial charge in [0.2, 0.25) is 0 Å². The van der Waals surface area contributed by atoms with E-state index >= 15 is 0 Å². The molecule has 3 rings (SSSR count). The summed E-state index contributed by atoms with van der Waals surface area (Å²) >= 11 is 0. The number of carbonyl (C=O) groups is 2. The number of ether oxygens (including phenoxy) is 2. The lowest BCUT2D eigenvalue weighted by atomic mass is 9.86. The van der Waals surface area contributed by atoms with Crippen molar-refractivity contribution in [2.45, 2.75) is 64.2 Å². The van der Waals surface area contributed by atoms with E-state index in [-0.39, 0.29) is 24.3 Å². The SMILES string of the molecule is CC(C)(C)OC(=O)N1CCCC2(CCCN2C(=O)OCc2ccccc2)C1. The number of piperidine rings is 1. The van der Waals surface area contributed by atoms with E-state index in [9.17, 15) is 9.59 Å². The third kappa shape index (κ3) is 4.73. The van der Waals surface area contributed by atoms with Crippen LogP contribution in [0.5, 0.6) is 0 Å². The Labute approximate surface area is 161 Å². The van der Waals surface area contributed by atoms with Gasteiger partial charge >= 0.3 is 12.2 Å². The summed E-state index contributed by atoms with van der Waals surface area (Å²) in [6, 6.07) is 9.69. The molecule has 0 aliphatic carbocycles. The van der Waals surface area contributed by atoms with Crippen LogP contribution in [0.3, 0.4) is 0 Å². The van der Waals surface area contributed by atoms with Crippen molar-refractivity contribution >= 4 is 12.2 Å². The smallest absolute Gasteiger partial charge is 0.410 e. The lowest BCUT2D eigenvalue weighted by Gasteiger charge is -2.45. The Hall–Kier alpha value is -2.24. The second-order valence-corrected chi connectivity index (χ2v) is 8.53. The minimum Gasteiger partial charge on any atom is -0.445 e. The Kier molecular flexibility index (Phi) is 5.63. The van der Waals surface area contributed by atoms with Gasteiger partial charge in [0.15, 0.2) is 0 Å². The number of likely N-dealkylation sites (tertiary alicyclic amines) is 2. The van der Waals surface area contributed by atoms with Crippen LogP contribution in [0.15, 0.2) is 30.3 Å². The largest absolute Gasteiger partial charge is 0.445 e. The van der Waals surface area contributed by atoms with Gasteiger partial charge in [0.1, 0.15) is 12.2 Å². The molecule has 0 saturated carbocycles. The number of hydrogen-bond donors (Lipinski definition) is 0. The first-order valence-corrected chi connectivity index (χ1v) is 9.75. The highest BCUT2D eigenvalue weighted by atomic mass is 16.6. The summed E-state index contributed by atoms with van der Waals surface area (Å²) < 4.78 is 11.1. The number of carbonyl (C=O) groups excluding carboxylic acids is 2. The predicted octanol–water partition coefficient (Wildman–Crippen LogP) is 4.19. The number of hydrogen-bond acceptors (Lipinski definition) is 4. The van der Waals surface area contributed by atoms with Crippen molar-refractivity contribution < 1.29 is 19.1 Å². The first-order valence-electron chi connectivity index (χ1n) is 9.75. The number of amides is 2. The lowest BCUT2D eigenvalue weighted by Crippen LogP contribution is -2.58. The van der Waals surface area contributed by atoms with Gasteiger partial charge in [-0.15, -0.1) is 0 Å². The zero-order valence-corrected chi connectivity index (χ0v) is 16.6. The molecule has 2 aliphatic heterocycles. The molecule has 6 heteroatoms. The fourth-order valence-corrected chi connectivity index (χ4v) is 4.04. The molecule has 1 spiro atoms. The Morgan fingerprint density at radius 1 is 1.04 bits per heavy atom. The van der Waals surface area contributed by atoms with Gasteiger partial charge in [0, 0.05) is 19.6 Å². The maximum atomic E-state index is 12.8. The van der Waals surface area contributed by atoms with Crippen LogP contribution in [-0.2, 0) is 16.1 Å². The van der Waals surface area contributed by atoms with Crippen LogP contribution in [0.1, 0.15) is 52.0 Å². The van der Waals surface area contributed by atoms with E-state index in [0.717, 1.165) is 31.2 Å². The average Bonchev–Trinajstić information content (AvgIpc) is 3.02. The fourth-order valence-electron chi connectivity index (χ4n) is 4.04. The van der Waals surface area contributed by atoms with Crippen LogP contribution >= 0.6 is 0 Å². The van der Waals surface area contributed by atoms with Crippen LogP contribution in [0, 0.1) is 0 Å². The van der Waals surface area contributed by atoms with E-state index < -0.39 is 5.60 Å². The van der Waals surface area contributed by atoms with Crippen molar-refractivity contribution in [3.05, 3.63) is 35.9 Å². The van der Waals surface area contributed by atoms with Gasteiger partial charge in [0.25, 0.3) is 0 Å². The van der Waals surface area contributed by atoms with E-state index in [0.29, 0.717) is 19.6 Å². The summed E-state index contributed by atoms with van der Waals surface area (Å²) in [5.74, 6) is 0. The zero-order valence-electron chi connectivity index (χ0n) is 16.6. The molecule has 0 bridgehead atoms. The highest BCUT2D eigenvalue weighted by Gasteiger charge is 2.48. The first-order chi connectivity index (χ1) is 12.8. The summed E-state index contributed by atoms with van der Waals surface area (Å²) in [6.45, 7) is 7.73. The second-order valence-electron chi connectivity index (χ2n) is 8.53. The van der Waals surface area contributed by atoms with Crippen LogP contribution in [-0.4, -0.2) is 52.8 Å². The maximum absolute atomic E-state index is 12.8. The lowest BCUT2D eigenvalue weighted by molar-refractivity contribution is -0.00691. The molecule has 2 saturated heterocycles. The molecule has 27 heavy (non-hydrogen) atoms. The molecule has 0 aromatic heterocycles. The summed E-state index contributed by atoms with van der Waals surface area (Å²) in [4.78, 5) is 28.9. The molecule has 6 nitrogen and oxygen atoms in total. The van der Waals surface area contributed by atoms with Crippen LogP contribution in [0.25, 0.3) is 0 Å². The van der Waals surface area contributed by atoms with Gasteiger partial charge in [0.05, 0.1) is 5.54 Å². The summed E-state index contributed by atoms with van der Waals surface area (Å²) in [5.41, 5.74) is 0.118. The molecule has 2 aliphatic rings. The van der Waals surface area contributed by atoms with E-state index in [1.165, 1.54) is 0 Å². The highest BCUT2D eigenvalue weighted by molar-refractivity contribution is 5.71. The predicted molar refractivity (Wildman–Crippen MR) is 102 cm³/mol. The topological polar surface area (TPSA) is 59.1 Å². The van der Waals surface area contributed by atoms with Crippen molar-refractivity contribution in [3.63, 3.8) is 0 Å². The number of rotatable bonds is 2. The Balaban J connectivity index is 1.64. The minimum absolute atomic E-state index is 0.266. The summed E-state index contributed by atoms with van der Waals surface area (Å²) in [5, 5.41) is 0. The van der Waals surface area contributed by atoms with Gasteiger partial charge in [-0.2, -0.15) is 0 Å². The van der Waals surface area contributed by atoms with Crippen molar-refractivity contribution in [2.24, 2.45) is 0 Å². The van der Waals surface area contributed by atoms with Crippen molar-refractivity contribution in [2.75, 3.05) is 19.6 Å². The Bertz CT molecular complexity index is 671. The molecule has 1 aromatic carbocycles. The monoisotopic (exact) mass is 374 g/mol. The van der Waals surface area contributed by atoms with Crippen LogP contribution < -0.4 is 0 Å². The first kappa shape index (κ1) is 19.5. The summed E-state index contributed by atoms with van der Waals surface area (Å²) in [6.07, 6.45) is 3.00. The molecular weight excluding hydrogens is 344 g/mol. The molecule has 0 radical (unpaired) electrons. The quantitative estimate of drug-likeness (QED) is 0.779. The third-order valence-electron chi connectivity index (χ3n) is 5.23. The molecule has 2 heterocycles. The van der Waals surface area contributed by atoms with Gasteiger partial charge in [-0.1, -0.05) is 30.3 Å². The van der Waals surface area contributed by atoms with Crippen LogP contribution in [0.4, 0.5) is 9.59 Å². The van der Waals surface area contributed by atoms with Gasteiger partial charge in [-0.25, -0.2) is 9.59 Å². The number of nitrogens with zero attached hydrogens (tertiary/aromatic N) is 2. The van der Waals surface area contributed by atoms with E-state index in [1.54, 1.807) is 4.90 Å². The fraction of sp³-hybridized carbons (Fsp3) is 0.619. The minimum atomic E-state index is -0.522. The van der Waals surface area contributed by atoms with Crippen molar-refractivity contribution in [1.29, 1.82) is 0 Å². The maximum Gasteiger partial charge on any atom is 0.410 e. The van der Waals surface area contributed by atoms with E-state index in [2.05, 4.69) is 0 Å². The highest BCUT2D eigenvalue weighted by Crippen LogP contribution is 2.38. The van der Waals surface area contributed by atoms with Crippen molar-refractivity contribution in [1.82, 2.24) is 9.80 Å². The molecule has 1 atom stereocenters. The van der Waals surface area contributed by atoms with Crippen molar-refractivity contribution in [3.8, 4) is 0 Å². The Morgan fingerprint density at radius 2 is 1.70 bits per heavy atom. The molecule has 0 N–H and O–H groups in total. The molecule has 1 aromatic rings. The normalized spacial score (nSPS) is 22.8.